The molecule has 3 nitrogen and oxygen atoms in total. The molecule has 2 aromatic carbocycles. The summed E-state index contributed by atoms with van der Waals surface area (Å²) in [4.78, 5) is 11.9. The van der Waals surface area contributed by atoms with Crippen molar-refractivity contribution in [1.82, 2.24) is 0 Å². The molecule has 0 bridgehead atoms. The monoisotopic (exact) mass is 320 g/mol. The van der Waals surface area contributed by atoms with Crippen molar-refractivity contribution in [2.45, 2.75) is 12.7 Å². The van der Waals surface area contributed by atoms with E-state index in [2.05, 4.69) is 24.4 Å². The van der Waals surface area contributed by atoms with Crippen molar-refractivity contribution < 1.29 is 4.79 Å². The largest absolute Gasteiger partial charge is 0.399 e. The van der Waals surface area contributed by atoms with Gasteiger partial charge in [-0.05, 0) is 36.2 Å². The van der Waals surface area contributed by atoms with E-state index in [0.717, 1.165) is 5.75 Å². The average molecular weight is 321 g/mol. The normalized spacial score (nSPS) is 10.4. The first-order valence-corrected chi connectivity index (χ1v) is 8.06. The van der Waals surface area contributed by atoms with Crippen LogP contribution in [0.3, 0.4) is 0 Å². The maximum Gasteiger partial charge on any atom is 0.234 e. The van der Waals surface area contributed by atoms with Gasteiger partial charge in [0.05, 0.1) is 16.5 Å². The second-order valence-electron chi connectivity index (χ2n) is 4.71. The lowest BCUT2D eigenvalue weighted by Crippen LogP contribution is -2.14. The van der Waals surface area contributed by atoms with Gasteiger partial charge < -0.3 is 11.1 Å². The first kappa shape index (κ1) is 15.7. The Balaban J connectivity index is 1.85. The number of rotatable bonds is 5. The fourth-order valence-electron chi connectivity index (χ4n) is 1.85. The van der Waals surface area contributed by atoms with E-state index >= 15 is 0 Å². The molecule has 0 saturated heterocycles. The van der Waals surface area contributed by atoms with Crippen molar-refractivity contribution in [3.63, 3.8) is 0 Å². The zero-order valence-corrected chi connectivity index (χ0v) is 13.3. The molecule has 5 heteroatoms. The second-order valence-corrected chi connectivity index (χ2v) is 6.10. The maximum absolute atomic E-state index is 11.9. The summed E-state index contributed by atoms with van der Waals surface area (Å²) >= 11 is 7.59. The molecular weight excluding hydrogens is 304 g/mol. The van der Waals surface area contributed by atoms with E-state index in [4.69, 9.17) is 17.3 Å². The Labute approximate surface area is 133 Å². The molecular formula is C16H17ClN2OS. The molecule has 1 amide bonds. The number of amides is 1. The van der Waals surface area contributed by atoms with Gasteiger partial charge >= 0.3 is 0 Å². The number of hydrogen-bond acceptors (Lipinski definition) is 3. The number of nitrogens with two attached hydrogens (primary N) is 1. The minimum Gasteiger partial charge on any atom is -0.399 e. The Hall–Kier alpha value is -1.65. The Morgan fingerprint density at radius 1 is 1.29 bits per heavy atom. The number of nitrogen functional groups attached to an aromatic ring is 1. The van der Waals surface area contributed by atoms with Gasteiger partial charge in [0.15, 0.2) is 0 Å². The number of carbonyl (C=O) groups is 1. The minimum atomic E-state index is -0.0823. The third-order valence-electron chi connectivity index (χ3n) is 3.02. The molecule has 21 heavy (non-hydrogen) atoms. The molecule has 0 aliphatic carbocycles. The van der Waals surface area contributed by atoms with Crippen LogP contribution in [0.15, 0.2) is 42.5 Å². The Morgan fingerprint density at radius 2 is 2.05 bits per heavy atom. The van der Waals surface area contributed by atoms with Gasteiger partial charge in [-0.2, -0.15) is 0 Å². The van der Waals surface area contributed by atoms with Crippen LogP contribution in [0, 0.1) is 6.92 Å². The summed E-state index contributed by atoms with van der Waals surface area (Å²) in [6.07, 6.45) is 0. The molecule has 0 saturated carbocycles. The van der Waals surface area contributed by atoms with Crippen molar-refractivity contribution in [1.29, 1.82) is 0 Å². The molecule has 0 aromatic heterocycles. The number of hydrogen-bond donors (Lipinski definition) is 2. The molecule has 0 spiro atoms. The smallest absolute Gasteiger partial charge is 0.234 e. The predicted octanol–water partition coefficient (Wildman–Crippen LogP) is 4.10. The van der Waals surface area contributed by atoms with Gasteiger partial charge in [0.1, 0.15) is 0 Å². The molecule has 2 aromatic rings. The van der Waals surface area contributed by atoms with Gasteiger partial charge in [0.25, 0.3) is 0 Å². The summed E-state index contributed by atoms with van der Waals surface area (Å²) < 4.78 is 0. The molecule has 3 N–H and O–H groups in total. The van der Waals surface area contributed by atoms with E-state index in [1.54, 1.807) is 30.0 Å². The van der Waals surface area contributed by atoms with Crippen LogP contribution in [0.1, 0.15) is 11.1 Å². The fraction of sp³-hybridized carbons (Fsp3) is 0.188. The summed E-state index contributed by atoms with van der Waals surface area (Å²) in [6.45, 7) is 2.07. The zero-order valence-electron chi connectivity index (χ0n) is 11.7. The van der Waals surface area contributed by atoms with Crippen LogP contribution in [0.2, 0.25) is 5.02 Å². The lowest BCUT2D eigenvalue weighted by atomic mass is 10.1. The van der Waals surface area contributed by atoms with Crippen molar-refractivity contribution in [3.8, 4) is 0 Å². The van der Waals surface area contributed by atoms with Crippen LogP contribution >= 0.6 is 23.4 Å². The molecule has 110 valence electrons. The zero-order chi connectivity index (χ0) is 15.2. The Bertz CT molecular complexity index is 646. The number of aryl methyl sites for hydroxylation is 1. The highest BCUT2D eigenvalue weighted by molar-refractivity contribution is 7.99. The van der Waals surface area contributed by atoms with Crippen molar-refractivity contribution in [3.05, 3.63) is 58.6 Å². The number of nitrogens with one attached hydrogen (secondary N) is 1. The third-order valence-corrected chi connectivity index (χ3v) is 4.33. The molecule has 0 aliphatic rings. The van der Waals surface area contributed by atoms with E-state index in [1.165, 1.54) is 11.1 Å². The highest BCUT2D eigenvalue weighted by Crippen LogP contribution is 2.24. The molecule has 0 radical (unpaired) electrons. The van der Waals surface area contributed by atoms with Crippen LogP contribution in [0.25, 0.3) is 0 Å². The summed E-state index contributed by atoms with van der Waals surface area (Å²) in [7, 11) is 0. The van der Waals surface area contributed by atoms with Crippen molar-refractivity contribution >= 4 is 40.6 Å². The maximum atomic E-state index is 11.9. The van der Waals surface area contributed by atoms with Crippen molar-refractivity contribution in [2.75, 3.05) is 16.8 Å². The first-order chi connectivity index (χ1) is 10.1. The molecule has 0 atom stereocenters. The van der Waals surface area contributed by atoms with Gasteiger partial charge in [0, 0.05) is 11.4 Å². The van der Waals surface area contributed by atoms with E-state index in [-0.39, 0.29) is 5.91 Å². The van der Waals surface area contributed by atoms with Gasteiger partial charge in [-0.1, -0.05) is 35.9 Å². The highest BCUT2D eigenvalue weighted by Gasteiger charge is 2.07. The third kappa shape index (κ3) is 4.69. The van der Waals surface area contributed by atoms with E-state index < -0.39 is 0 Å². The van der Waals surface area contributed by atoms with Crippen LogP contribution < -0.4 is 11.1 Å². The van der Waals surface area contributed by atoms with Crippen LogP contribution in [0.4, 0.5) is 11.4 Å². The van der Waals surface area contributed by atoms with Crippen LogP contribution in [0.5, 0.6) is 0 Å². The number of benzene rings is 2. The van der Waals surface area contributed by atoms with Gasteiger partial charge in [-0.15, -0.1) is 11.8 Å². The standard InChI is InChI=1S/C16H17ClN2OS/c1-11-4-2-3-5-12(11)9-21-10-16(20)19-15-8-13(18)6-7-14(15)17/h2-8H,9-10,18H2,1H3,(H,19,20). The fourth-order valence-corrected chi connectivity index (χ4v) is 2.92. The van der Waals surface area contributed by atoms with Crippen molar-refractivity contribution in [2.24, 2.45) is 0 Å². The topological polar surface area (TPSA) is 55.1 Å². The Kier molecular flexibility index (Phi) is 5.53. The van der Waals surface area contributed by atoms with E-state index in [1.807, 2.05) is 12.1 Å². The van der Waals surface area contributed by atoms with E-state index in [9.17, 15) is 4.79 Å². The minimum absolute atomic E-state index is 0.0823. The molecule has 0 aliphatic heterocycles. The summed E-state index contributed by atoms with van der Waals surface area (Å²) in [5, 5.41) is 3.27. The quantitative estimate of drug-likeness (QED) is 0.815. The lowest BCUT2D eigenvalue weighted by molar-refractivity contribution is -0.113. The number of carbonyl (C=O) groups excluding carboxylic acids is 1. The molecule has 2 rings (SSSR count). The molecule has 0 fully saturated rings. The highest BCUT2D eigenvalue weighted by atomic mass is 35.5. The van der Waals surface area contributed by atoms with Gasteiger partial charge in [-0.25, -0.2) is 0 Å². The second kappa shape index (κ2) is 7.38. The Morgan fingerprint density at radius 3 is 2.81 bits per heavy atom. The molecule has 0 heterocycles. The number of halogens is 1. The lowest BCUT2D eigenvalue weighted by Gasteiger charge is -2.08. The predicted molar refractivity (Wildman–Crippen MR) is 91.8 cm³/mol. The molecule has 0 unspecified atom stereocenters. The summed E-state index contributed by atoms with van der Waals surface area (Å²) in [5.41, 5.74) is 9.29. The summed E-state index contributed by atoms with van der Waals surface area (Å²) in [6, 6.07) is 13.2. The average Bonchev–Trinajstić information content (AvgIpc) is 2.45. The van der Waals surface area contributed by atoms with Crippen LogP contribution in [-0.2, 0) is 10.5 Å². The SMILES string of the molecule is Cc1ccccc1CSCC(=O)Nc1cc(N)ccc1Cl. The van der Waals surface area contributed by atoms with Gasteiger partial charge in [-0.3, -0.25) is 4.79 Å². The van der Waals surface area contributed by atoms with Crippen LogP contribution in [-0.4, -0.2) is 11.7 Å². The number of thioether (sulfide) groups is 1. The first-order valence-electron chi connectivity index (χ1n) is 6.53. The summed E-state index contributed by atoms with van der Waals surface area (Å²) in [5.74, 6) is 1.10. The van der Waals surface area contributed by atoms with E-state index in [0.29, 0.717) is 22.2 Å². The number of anilines is 2. The van der Waals surface area contributed by atoms with Gasteiger partial charge in [0.2, 0.25) is 5.91 Å².